The minimum atomic E-state index is -1.52. The van der Waals surface area contributed by atoms with Crippen LogP contribution >= 0.6 is 0 Å². The summed E-state index contributed by atoms with van der Waals surface area (Å²) in [4.78, 5) is 0. The summed E-state index contributed by atoms with van der Waals surface area (Å²) >= 11 is 0. The van der Waals surface area contributed by atoms with E-state index in [1.165, 1.54) is 6.07 Å². The number of aromatic nitrogens is 1. The third-order valence-electron chi connectivity index (χ3n) is 5.28. The molecule has 4 rings (SSSR count). The molecule has 0 saturated carbocycles. The van der Waals surface area contributed by atoms with Gasteiger partial charge in [-0.15, -0.1) is 0 Å². The van der Waals surface area contributed by atoms with Gasteiger partial charge in [0.1, 0.15) is 18.4 Å². The molecular formula is C25H24FN2O+. The van der Waals surface area contributed by atoms with Crippen molar-refractivity contribution in [1.82, 2.24) is 0 Å². The van der Waals surface area contributed by atoms with Crippen LogP contribution in [0.4, 0.5) is 4.39 Å². The molecule has 0 unspecified atom stereocenters. The van der Waals surface area contributed by atoms with Gasteiger partial charge in [0.2, 0.25) is 5.69 Å². The zero-order valence-electron chi connectivity index (χ0n) is 19.2. The van der Waals surface area contributed by atoms with Crippen molar-refractivity contribution >= 4 is 21.9 Å². The number of hydrogen-bond acceptors (Lipinski definition) is 2. The van der Waals surface area contributed by atoms with Crippen molar-refractivity contribution < 1.29 is 16.1 Å². The van der Waals surface area contributed by atoms with Crippen LogP contribution in [0.5, 0.6) is 0 Å². The molecular weight excluding hydrogens is 363 g/mol. The van der Waals surface area contributed by atoms with Crippen molar-refractivity contribution in [3.63, 3.8) is 0 Å². The molecule has 0 fully saturated rings. The first-order valence-electron chi connectivity index (χ1n) is 10.6. The van der Waals surface area contributed by atoms with E-state index in [0.717, 1.165) is 17.0 Å². The lowest BCUT2D eigenvalue weighted by atomic mass is 9.96. The molecule has 4 heteroatoms. The smallest absolute Gasteiger partial charge is 0.216 e. The van der Waals surface area contributed by atoms with E-state index in [1.54, 1.807) is 18.2 Å². The molecule has 0 atom stereocenters. The van der Waals surface area contributed by atoms with E-state index in [9.17, 15) is 5.26 Å². The van der Waals surface area contributed by atoms with Crippen molar-refractivity contribution in [3.8, 4) is 17.3 Å². The third kappa shape index (κ3) is 3.17. The van der Waals surface area contributed by atoms with Gasteiger partial charge in [-0.1, -0.05) is 13.8 Å². The summed E-state index contributed by atoms with van der Waals surface area (Å²) in [5, 5.41) is 10.2. The maximum atomic E-state index is 15.1. The molecule has 2 aromatic carbocycles. The Morgan fingerprint density at radius 2 is 1.97 bits per heavy atom. The van der Waals surface area contributed by atoms with E-state index in [0.29, 0.717) is 38.6 Å². The van der Waals surface area contributed by atoms with Crippen LogP contribution in [0.3, 0.4) is 0 Å². The standard InChI is InChI=1S/C25H24FN2O/c1-14(2)8-18-10-16(4)28(5)21(11-18)23-15(3)9-20(26)24-19-7-6-17(13-27)12-22(19)29-25(23)24/h6-7,9-12,14H,8H2,1-5H3/q+1/i8D2. The summed E-state index contributed by atoms with van der Waals surface area (Å²) in [5.41, 5.74) is 4.93. The number of nitriles is 1. The maximum absolute atomic E-state index is 15.1. The van der Waals surface area contributed by atoms with Crippen LogP contribution in [0.1, 0.15) is 39.0 Å². The van der Waals surface area contributed by atoms with Crippen molar-refractivity contribution in [2.75, 3.05) is 0 Å². The first-order valence-corrected chi connectivity index (χ1v) is 9.63. The predicted molar refractivity (Wildman–Crippen MR) is 113 cm³/mol. The predicted octanol–water partition coefficient (Wildman–Crippen LogP) is 5.90. The molecule has 0 aliphatic heterocycles. The van der Waals surface area contributed by atoms with Gasteiger partial charge < -0.3 is 4.42 Å². The summed E-state index contributed by atoms with van der Waals surface area (Å²) < 4.78 is 40.3. The van der Waals surface area contributed by atoms with Crippen LogP contribution in [0.2, 0.25) is 0 Å². The molecule has 29 heavy (non-hydrogen) atoms. The lowest BCUT2D eigenvalue weighted by molar-refractivity contribution is -0.666. The largest absolute Gasteiger partial charge is 0.455 e. The van der Waals surface area contributed by atoms with Crippen molar-refractivity contribution in [3.05, 3.63) is 64.6 Å². The minimum absolute atomic E-state index is 0.211. The van der Waals surface area contributed by atoms with Crippen LogP contribution in [0.25, 0.3) is 33.2 Å². The van der Waals surface area contributed by atoms with Gasteiger partial charge in [-0.25, -0.2) is 4.39 Å². The lowest BCUT2D eigenvalue weighted by Crippen LogP contribution is -2.35. The molecule has 0 N–H and O–H groups in total. The highest BCUT2D eigenvalue weighted by Crippen LogP contribution is 2.39. The summed E-state index contributed by atoms with van der Waals surface area (Å²) in [7, 11) is 1.91. The Hall–Kier alpha value is -3.19. The Kier molecular flexibility index (Phi) is 4.04. The number of furan rings is 1. The lowest BCUT2D eigenvalue weighted by Gasteiger charge is -2.11. The molecule has 0 saturated heterocycles. The van der Waals surface area contributed by atoms with E-state index < -0.39 is 6.37 Å². The number of fused-ring (bicyclic) bond motifs is 3. The fraction of sp³-hybridized carbons (Fsp3) is 0.280. The highest BCUT2D eigenvalue weighted by molar-refractivity contribution is 6.10. The fourth-order valence-electron chi connectivity index (χ4n) is 3.87. The molecule has 0 aliphatic carbocycles. The molecule has 0 radical (unpaired) electrons. The molecule has 3 nitrogen and oxygen atoms in total. The Bertz CT molecular complexity index is 1400. The summed E-state index contributed by atoms with van der Waals surface area (Å²) in [5.74, 6) is -0.592. The maximum Gasteiger partial charge on any atom is 0.216 e. The van der Waals surface area contributed by atoms with Gasteiger partial charge in [0.05, 0.1) is 22.6 Å². The average Bonchev–Trinajstić information content (AvgIpc) is 3.09. The van der Waals surface area contributed by atoms with E-state index in [2.05, 4.69) is 6.07 Å². The van der Waals surface area contributed by atoms with E-state index in [-0.39, 0.29) is 11.7 Å². The molecule has 146 valence electrons. The van der Waals surface area contributed by atoms with E-state index in [4.69, 9.17) is 7.16 Å². The normalized spacial score (nSPS) is 13.0. The number of benzene rings is 2. The molecule has 2 heterocycles. The molecule has 0 amide bonds. The van der Waals surface area contributed by atoms with Crippen molar-refractivity contribution in [1.29, 1.82) is 5.26 Å². The Morgan fingerprint density at radius 1 is 1.21 bits per heavy atom. The monoisotopic (exact) mass is 389 g/mol. The second-order valence-corrected chi connectivity index (χ2v) is 7.81. The number of rotatable bonds is 3. The van der Waals surface area contributed by atoms with Crippen LogP contribution in [0.15, 0.2) is 40.8 Å². The fourth-order valence-corrected chi connectivity index (χ4v) is 3.87. The molecule has 4 aromatic rings. The zero-order chi connectivity index (χ0) is 22.7. The molecule has 0 aliphatic rings. The van der Waals surface area contributed by atoms with E-state index >= 15 is 4.39 Å². The summed E-state index contributed by atoms with van der Waals surface area (Å²) in [6.45, 7) is 7.47. The van der Waals surface area contributed by atoms with E-state index in [1.807, 2.05) is 51.4 Å². The topological polar surface area (TPSA) is 40.8 Å². The number of nitrogens with zero attached hydrogens (tertiary/aromatic N) is 2. The van der Waals surface area contributed by atoms with Crippen molar-refractivity contribution in [2.24, 2.45) is 13.0 Å². The highest BCUT2D eigenvalue weighted by atomic mass is 19.1. The Labute approximate surface area is 172 Å². The summed E-state index contributed by atoms with van der Waals surface area (Å²) in [6.07, 6.45) is -1.52. The van der Waals surface area contributed by atoms with Gasteiger partial charge >= 0.3 is 0 Å². The van der Waals surface area contributed by atoms with Crippen LogP contribution in [-0.2, 0) is 13.4 Å². The number of aryl methyl sites for hydroxylation is 2. The van der Waals surface area contributed by atoms with Crippen LogP contribution in [0, 0.1) is 36.9 Å². The first-order chi connectivity index (χ1) is 14.6. The quantitative estimate of drug-likeness (QED) is 0.409. The molecule has 0 spiro atoms. The highest BCUT2D eigenvalue weighted by Gasteiger charge is 2.25. The SMILES string of the molecule is [2H]C([2H])(c1cc(C)[n+](C)c(-c2c(C)cc(F)c3c2oc2cc(C#N)ccc23)c1)C(C)C. The summed E-state index contributed by atoms with van der Waals surface area (Å²) in [6, 6.07) is 12.2. The molecule has 0 bridgehead atoms. The first kappa shape index (κ1) is 16.7. The molecule has 2 aromatic heterocycles. The zero-order valence-corrected chi connectivity index (χ0v) is 17.2. The van der Waals surface area contributed by atoms with Crippen LogP contribution in [-0.4, -0.2) is 0 Å². The Morgan fingerprint density at radius 3 is 2.66 bits per heavy atom. The second-order valence-electron chi connectivity index (χ2n) is 7.81. The van der Waals surface area contributed by atoms with Gasteiger partial charge in [-0.2, -0.15) is 9.83 Å². The number of pyridine rings is 1. The second kappa shape index (κ2) is 7.00. The van der Waals surface area contributed by atoms with Gasteiger partial charge in [0, 0.05) is 27.2 Å². The average molecular weight is 389 g/mol. The Balaban J connectivity index is 2.12. The number of hydrogen-bond donors (Lipinski definition) is 0. The van der Waals surface area contributed by atoms with Gasteiger partial charge in [-0.05, 0) is 54.6 Å². The number of halogens is 1. The van der Waals surface area contributed by atoms with Crippen LogP contribution < -0.4 is 4.57 Å². The third-order valence-corrected chi connectivity index (χ3v) is 5.28. The minimum Gasteiger partial charge on any atom is -0.455 e. The van der Waals surface area contributed by atoms with Gasteiger partial charge in [0.25, 0.3) is 0 Å². The van der Waals surface area contributed by atoms with Gasteiger partial charge in [-0.3, -0.25) is 0 Å². The van der Waals surface area contributed by atoms with Crippen molar-refractivity contribution in [2.45, 2.75) is 34.1 Å². The van der Waals surface area contributed by atoms with Gasteiger partial charge in [0.15, 0.2) is 11.3 Å².